The first-order valence-corrected chi connectivity index (χ1v) is 7.65. The lowest BCUT2D eigenvalue weighted by Crippen LogP contribution is -2.41. The molecule has 1 aromatic rings. The molecule has 1 aliphatic heterocycles. The molecule has 0 bridgehead atoms. The summed E-state index contributed by atoms with van der Waals surface area (Å²) >= 11 is 2.32. The second kappa shape index (κ2) is 5.35. The zero-order valence-electron chi connectivity index (χ0n) is 12.0. The molecule has 2 rings (SSSR count). The summed E-state index contributed by atoms with van der Waals surface area (Å²) in [6, 6.07) is 6.40. The molecule has 1 aromatic carbocycles. The van der Waals surface area contributed by atoms with Crippen molar-refractivity contribution in [1.82, 2.24) is 0 Å². The van der Waals surface area contributed by atoms with Crippen molar-refractivity contribution in [3.63, 3.8) is 0 Å². The lowest BCUT2D eigenvalue weighted by atomic mass is 9.80. The van der Waals surface area contributed by atoms with Crippen molar-refractivity contribution in [1.29, 1.82) is 0 Å². The minimum absolute atomic E-state index is 0.186. The van der Waals surface area contributed by atoms with E-state index in [1.54, 1.807) is 0 Å². The number of hydrogen-bond acceptors (Lipinski definition) is 3. The van der Waals surface area contributed by atoms with Gasteiger partial charge in [-0.15, -0.1) is 0 Å². The van der Waals surface area contributed by atoms with E-state index in [0.717, 1.165) is 11.9 Å². The summed E-state index contributed by atoms with van der Waals surface area (Å²) < 4.78 is 13.3. The zero-order chi connectivity index (χ0) is 14.3. The third kappa shape index (κ3) is 3.32. The summed E-state index contributed by atoms with van der Waals surface area (Å²) in [6.45, 7) is 8.87. The van der Waals surface area contributed by atoms with Crippen LogP contribution < -0.4 is 5.73 Å². The van der Waals surface area contributed by atoms with Crippen molar-refractivity contribution >= 4 is 29.7 Å². The van der Waals surface area contributed by atoms with E-state index >= 15 is 0 Å². The van der Waals surface area contributed by atoms with Gasteiger partial charge in [0.15, 0.2) is 0 Å². The molecule has 0 radical (unpaired) electrons. The largest absolute Gasteiger partial charge is 0.462 e. The molecule has 0 unspecified atom stereocenters. The number of rotatable bonds is 3. The molecule has 19 heavy (non-hydrogen) atoms. The lowest BCUT2D eigenvalue weighted by molar-refractivity contribution is 0.00578. The molecule has 3 nitrogen and oxygen atoms in total. The Morgan fingerprint density at radius 3 is 2.11 bits per heavy atom. The molecular formula is C14H21BINO2. The lowest BCUT2D eigenvalue weighted by Gasteiger charge is -2.32. The quantitative estimate of drug-likeness (QED) is 0.655. The maximum Gasteiger partial charge on any atom is 0.462 e. The predicted molar refractivity (Wildman–Crippen MR) is 86.8 cm³/mol. The highest BCUT2D eigenvalue weighted by Crippen LogP contribution is 2.37. The van der Waals surface area contributed by atoms with Crippen molar-refractivity contribution in [3.05, 3.63) is 32.9 Å². The van der Waals surface area contributed by atoms with Gasteiger partial charge in [-0.25, -0.2) is 0 Å². The molecule has 0 atom stereocenters. The van der Waals surface area contributed by atoms with Crippen LogP contribution in [0.4, 0.5) is 0 Å². The van der Waals surface area contributed by atoms with Crippen LogP contribution in [0.5, 0.6) is 0 Å². The maximum absolute atomic E-state index is 6.03. The Hall–Kier alpha value is -0.105. The summed E-state index contributed by atoms with van der Waals surface area (Å²) in [5, 5.41) is 0. The van der Waals surface area contributed by atoms with E-state index in [0.29, 0.717) is 6.54 Å². The van der Waals surface area contributed by atoms with Crippen LogP contribution in [0.15, 0.2) is 18.2 Å². The minimum Gasteiger partial charge on any atom is -0.403 e. The van der Waals surface area contributed by atoms with E-state index in [1.807, 2.05) is 0 Å². The first-order valence-electron chi connectivity index (χ1n) is 6.57. The van der Waals surface area contributed by atoms with Gasteiger partial charge in [0, 0.05) is 16.4 Å². The normalized spacial score (nSPS) is 20.8. The van der Waals surface area contributed by atoms with Crippen molar-refractivity contribution in [3.8, 4) is 0 Å². The standard InChI is InChI=1S/C14H21BINO2/c1-13(2)14(3,4)19-15(18-13)8-10-5-11(9-17)7-12(16)6-10/h5-7H,8-9,17H2,1-4H3. The predicted octanol–water partition coefficient (Wildman–Crippen LogP) is 2.92. The van der Waals surface area contributed by atoms with Gasteiger partial charge < -0.3 is 15.0 Å². The van der Waals surface area contributed by atoms with Gasteiger partial charge in [-0.05, 0) is 73.5 Å². The van der Waals surface area contributed by atoms with Crippen LogP contribution in [0.1, 0.15) is 38.8 Å². The Morgan fingerprint density at radius 2 is 1.58 bits per heavy atom. The molecule has 0 amide bonds. The third-order valence-electron chi connectivity index (χ3n) is 3.96. The topological polar surface area (TPSA) is 44.5 Å². The molecule has 0 saturated carbocycles. The Bertz CT molecular complexity index is 461. The number of hydrogen-bond donors (Lipinski definition) is 1. The first-order chi connectivity index (χ1) is 8.73. The first kappa shape index (κ1) is 15.3. The van der Waals surface area contributed by atoms with Gasteiger partial charge in [-0.2, -0.15) is 0 Å². The smallest absolute Gasteiger partial charge is 0.403 e. The Balaban J connectivity index is 2.13. The van der Waals surface area contributed by atoms with Crippen molar-refractivity contribution in [2.75, 3.05) is 0 Å². The molecule has 2 N–H and O–H groups in total. The second-order valence-corrected chi connectivity index (χ2v) is 7.31. The zero-order valence-corrected chi connectivity index (χ0v) is 14.2. The monoisotopic (exact) mass is 373 g/mol. The van der Waals surface area contributed by atoms with E-state index in [1.165, 1.54) is 9.13 Å². The molecular weight excluding hydrogens is 352 g/mol. The fourth-order valence-corrected chi connectivity index (χ4v) is 2.99. The fraction of sp³-hybridized carbons (Fsp3) is 0.571. The SMILES string of the molecule is CC1(C)OB(Cc2cc(I)cc(CN)c2)OC1(C)C. The minimum atomic E-state index is -0.268. The molecule has 1 heterocycles. The Kier molecular flexibility index (Phi) is 4.31. The number of nitrogens with two attached hydrogens (primary N) is 1. The third-order valence-corrected chi connectivity index (χ3v) is 4.58. The number of halogens is 1. The summed E-state index contributed by atoms with van der Waals surface area (Å²) in [5.74, 6) is 0. The number of benzene rings is 1. The highest BCUT2D eigenvalue weighted by molar-refractivity contribution is 14.1. The van der Waals surface area contributed by atoms with Crippen LogP contribution in [0.3, 0.4) is 0 Å². The van der Waals surface area contributed by atoms with Gasteiger partial charge in [0.2, 0.25) is 0 Å². The van der Waals surface area contributed by atoms with Gasteiger partial charge >= 0.3 is 7.12 Å². The van der Waals surface area contributed by atoms with Gasteiger partial charge in [0.1, 0.15) is 0 Å². The molecule has 104 valence electrons. The van der Waals surface area contributed by atoms with Crippen LogP contribution >= 0.6 is 22.6 Å². The van der Waals surface area contributed by atoms with Crippen LogP contribution in [0.2, 0.25) is 0 Å². The molecule has 5 heteroatoms. The summed E-state index contributed by atoms with van der Waals surface area (Å²) in [7, 11) is -0.186. The van der Waals surface area contributed by atoms with Crippen LogP contribution in [-0.2, 0) is 22.2 Å². The molecule has 1 aliphatic rings. The molecule has 0 spiro atoms. The van der Waals surface area contributed by atoms with E-state index < -0.39 is 0 Å². The van der Waals surface area contributed by atoms with Crippen LogP contribution in [-0.4, -0.2) is 18.3 Å². The van der Waals surface area contributed by atoms with Crippen molar-refractivity contribution in [2.45, 2.75) is 51.8 Å². The molecule has 1 saturated heterocycles. The van der Waals surface area contributed by atoms with E-state index in [4.69, 9.17) is 15.0 Å². The van der Waals surface area contributed by atoms with Crippen LogP contribution in [0, 0.1) is 3.57 Å². The van der Waals surface area contributed by atoms with Gasteiger partial charge in [-0.1, -0.05) is 6.07 Å². The second-order valence-electron chi connectivity index (χ2n) is 6.06. The molecule has 0 aromatic heterocycles. The van der Waals surface area contributed by atoms with E-state index in [-0.39, 0.29) is 18.3 Å². The van der Waals surface area contributed by atoms with Gasteiger partial charge in [0.05, 0.1) is 11.2 Å². The highest BCUT2D eigenvalue weighted by atomic mass is 127. The summed E-state index contributed by atoms with van der Waals surface area (Å²) in [4.78, 5) is 0. The molecule has 1 fully saturated rings. The van der Waals surface area contributed by atoms with Crippen LogP contribution in [0.25, 0.3) is 0 Å². The highest BCUT2D eigenvalue weighted by Gasteiger charge is 2.50. The van der Waals surface area contributed by atoms with E-state index in [2.05, 4.69) is 68.5 Å². The fourth-order valence-electron chi connectivity index (χ4n) is 2.19. The van der Waals surface area contributed by atoms with Gasteiger partial charge in [0.25, 0.3) is 0 Å². The summed E-state index contributed by atoms with van der Waals surface area (Å²) in [5.41, 5.74) is 7.55. The average molecular weight is 373 g/mol. The van der Waals surface area contributed by atoms with Gasteiger partial charge in [-0.3, -0.25) is 0 Å². The summed E-state index contributed by atoms with van der Waals surface area (Å²) in [6.07, 6.45) is 0.761. The Morgan fingerprint density at radius 1 is 1.05 bits per heavy atom. The molecule has 0 aliphatic carbocycles. The van der Waals surface area contributed by atoms with E-state index in [9.17, 15) is 0 Å². The van der Waals surface area contributed by atoms with Crippen molar-refractivity contribution in [2.24, 2.45) is 5.73 Å². The Labute approximate surface area is 129 Å². The maximum atomic E-state index is 6.03. The average Bonchev–Trinajstić information content (AvgIpc) is 2.45. The van der Waals surface area contributed by atoms with Crippen molar-refractivity contribution < 1.29 is 9.31 Å².